The number of benzene rings is 1. The number of hydrogen-bond acceptors (Lipinski definition) is 3. The third-order valence-electron chi connectivity index (χ3n) is 3.74. The molecule has 1 unspecified atom stereocenters. The van der Waals surface area contributed by atoms with Gasteiger partial charge in [-0.05, 0) is 55.1 Å². The Bertz CT molecular complexity index is 566. The summed E-state index contributed by atoms with van der Waals surface area (Å²) in [6.45, 7) is 4.11. The monoisotopic (exact) mass is 267 g/mol. The maximum atomic E-state index is 4.12. The van der Waals surface area contributed by atoms with Crippen molar-refractivity contribution < 1.29 is 0 Å². The van der Waals surface area contributed by atoms with Gasteiger partial charge >= 0.3 is 0 Å². The quantitative estimate of drug-likeness (QED) is 0.818. The van der Waals surface area contributed by atoms with E-state index in [0.717, 1.165) is 25.9 Å². The molecule has 1 aromatic heterocycles. The highest BCUT2D eigenvalue weighted by Gasteiger charge is 2.16. The maximum absolute atomic E-state index is 4.12. The minimum absolute atomic E-state index is 0.573. The summed E-state index contributed by atoms with van der Waals surface area (Å²) in [5.74, 6) is 0. The van der Waals surface area contributed by atoms with Crippen LogP contribution in [0, 0.1) is 0 Å². The molecule has 1 aliphatic heterocycles. The van der Waals surface area contributed by atoms with Gasteiger partial charge in [-0.3, -0.25) is 4.98 Å². The Morgan fingerprint density at radius 2 is 2.25 bits per heavy atom. The zero-order valence-corrected chi connectivity index (χ0v) is 11.9. The first-order chi connectivity index (χ1) is 9.81. The van der Waals surface area contributed by atoms with E-state index >= 15 is 0 Å². The predicted octanol–water partition coefficient (Wildman–Crippen LogP) is 2.77. The van der Waals surface area contributed by atoms with Gasteiger partial charge in [0.1, 0.15) is 0 Å². The van der Waals surface area contributed by atoms with E-state index in [4.69, 9.17) is 0 Å². The highest BCUT2D eigenvalue weighted by molar-refractivity contribution is 5.57. The van der Waals surface area contributed by atoms with E-state index < -0.39 is 0 Å². The van der Waals surface area contributed by atoms with E-state index in [-0.39, 0.29) is 0 Å². The maximum Gasteiger partial charge on any atom is 0.0375 e. The third kappa shape index (κ3) is 3.17. The van der Waals surface area contributed by atoms with Crippen molar-refractivity contribution in [3.63, 3.8) is 0 Å². The molecule has 0 saturated heterocycles. The zero-order valence-electron chi connectivity index (χ0n) is 11.9. The van der Waals surface area contributed by atoms with Gasteiger partial charge in [0.2, 0.25) is 0 Å². The van der Waals surface area contributed by atoms with Gasteiger partial charge in [-0.2, -0.15) is 0 Å². The van der Waals surface area contributed by atoms with Crippen molar-refractivity contribution in [1.29, 1.82) is 0 Å². The third-order valence-corrected chi connectivity index (χ3v) is 3.74. The molecule has 104 valence electrons. The molecular weight excluding hydrogens is 246 g/mol. The molecule has 0 aliphatic carbocycles. The molecule has 3 nitrogen and oxygen atoms in total. The summed E-state index contributed by atoms with van der Waals surface area (Å²) in [7, 11) is 0. The second-order valence-electron chi connectivity index (χ2n) is 5.53. The van der Waals surface area contributed by atoms with Crippen molar-refractivity contribution in [2.75, 3.05) is 11.9 Å². The second-order valence-corrected chi connectivity index (χ2v) is 5.53. The minimum atomic E-state index is 0.573. The van der Waals surface area contributed by atoms with Crippen molar-refractivity contribution in [3.05, 3.63) is 59.4 Å². The molecule has 20 heavy (non-hydrogen) atoms. The molecule has 0 saturated carbocycles. The summed E-state index contributed by atoms with van der Waals surface area (Å²) in [4.78, 5) is 4.12. The molecule has 3 heteroatoms. The summed E-state index contributed by atoms with van der Waals surface area (Å²) in [6, 6.07) is 11.4. The number of pyridine rings is 1. The molecule has 0 amide bonds. The van der Waals surface area contributed by atoms with Crippen LogP contribution < -0.4 is 10.6 Å². The molecule has 2 heterocycles. The molecular formula is C17H21N3. The number of hydrogen-bond donors (Lipinski definition) is 2. The Hall–Kier alpha value is -1.87. The molecule has 1 aliphatic rings. The lowest BCUT2D eigenvalue weighted by Crippen LogP contribution is -2.16. The fraction of sp³-hybridized carbons (Fsp3) is 0.353. The van der Waals surface area contributed by atoms with Crippen molar-refractivity contribution >= 4 is 5.69 Å². The fourth-order valence-corrected chi connectivity index (χ4v) is 2.73. The fourth-order valence-electron chi connectivity index (χ4n) is 2.73. The van der Waals surface area contributed by atoms with Gasteiger partial charge in [0.15, 0.2) is 0 Å². The smallest absolute Gasteiger partial charge is 0.0375 e. The number of aromatic nitrogens is 1. The summed E-state index contributed by atoms with van der Waals surface area (Å²) >= 11 is 0. The van der Waals surface area contributed by atoms with Crippen LogP contribution in [0.1, 0.15) is 23.6 Å². The van der Waals surface area contributed by atoms with E-state index in [2.05, 4.69) is 46.8 Å². The van der Waals surface area contributed by atoms with E-state index in [9.17, 15) is 0 Å². The Kier molecular flexibility index (Phi) is 3.97. The van der Waals surface area contributed by atoms with Crippen LogP contribution in [0.2, 0.25) is 0 Å². The number of anilines is 1. The van der Waals surface area contributed by atoms with Crippen LogP contribution in [0.25, 0.3) is 0 Å². The molecule has 2 N–H and O–H groups in total. The van der Waals surface area contributed by atoms with Gasteiger partial charge < -0.3 is 10.6 Å². The first kappa shape index (κ1) is 13.1. The van der Waals surface area contributed by atoms with Gasteiger partial charge in [0, 0.05) is 30.7 Å². The number of nitrogens with one attached hydrogen (secondary N) is 2. The normalized spacial score (nSPS) is 16.8. The van der Waals surface area contributed by atoms with Crippen LogP contribution in [0.5, 0.6) is 0 Å². The van der Waals surface area contributed by atoms with Crippen LogP contribution in [-0.4, -0.2) is 17.6 Å². The van der Waals surface area contributed by atoms with E-state index in [1.54, 1.807) is 0 Å². The van der Waals surface area contributed by atoms with Crippen LogP contribution in [0.3, 0.4) is 0 Å². The molecule has 3 rings (SSSR count). The first-order valence-corrected chi connectivity index (χ1v) is 7.29. The standard InChI is InChI=1S/C17H21N3/c1-13-9-16-10-14(4-5-17(16)20-13)6-8-19-12-15-3-2-7-18-11-15/h2-5,7,10-11,13,19-20H,6,8-9,12H2,1H3. The molecule has 2 aromatic rings. The second kappa shape index (κ2) is 6.06. The van der Waals surface area contributed by atoms with E-state index in [1.807, 2.05) is 18.5 Å². The summed E-state index contributed by atoms with van der Waals surface area (Å²) in [5, 5.41) is 6.96. The van der Waals surface area contributed by atoms with Crippen LogP contribution in [0.4, 0.5) is 5.69 Å². The average molecular weight is 267 g/mol. The van der Waals surface area contributed by atoms with Crippen molar-refractivity contribution in [3.8, 4) is 0 Å². The molecule has 1 atom stereocenters. The summed E-state index contributed by atoms with van der Waals surface area (Å²) in [5.41, 5.74) is 5.42. The van der Waals surface area contributed by atoms with Crippen LogP contribution >= 0.6 is 0 Å². The van der Waals surface area contributed by atoms with E-state index in [1.165, 1.54) is 22.4 Å². The van der Waals surface area contributed by atoms with Crippen molar-refractivity contribution in [2.45, 2.75) is 32.4 Å². The molecule has 1 aromatic carbocycles. The lowest BCUT2D eigenvalue weighted by molar-refractivity contribution is 0.685. The largest absolute Gasteiger partial charge is 0.382 e. The summed E-state index contributed by atoms with van der Waals surface area (Å²) in [6.07, 6.45) is 5.94. The van der Waals surface area contributed by atoms with E-state index in [0.29, 0.717) is 6.04 Å². The predicted molar refractivity (Wildman–Crippen MR) is 82.9 cm³/mol. The summed E-state index contributed by atoms with van der Waals surface area (Å²) < 4.78 is 0. The van der Waals surface area contributed by atoms with Crippen molar-refractivity contribution in [2.24, 2.45) is 0 Å². The van der Waals surface area contributed by atoms with Gasteiger partial charge in [0.05, 0.1) is 0 Å². The molecule has 0 spiro atoms. The Morgan fingerprint density at radius 3 is 3.10 bits per heavy atom. The lowest BCUT2D eigenvalue weighted by Gasteiger charge is -2.07. The van der Waals surface area contributed by atoms with Crippen LogP contribution in [0.15, 0.2) is 42.7 Å². The lowest BCUT2D eigenvalue weighted by atomic mass is 10.0. The van der Waals surface area contributed by atoms with Crippen molar-refractivity contribution in [1.82, 2.24) is 10.3 Å². The Morgan fingerprint density at radius 1 is 1.30 bits per heavy atom. The Balaban J connectivity index is 1.49. The highest BCUT2D eigenvalue weighted by atomic mass is 14.9. The molecule has 0 fully saturated rings. The number of nitrogens with zero attached hydrogens (tertiary/aromatic N) is 1. The topological polar surface area (TPSA) is 37.0 Å². The first-order valence-electron chi connectivity index (χ1n) is 7.29. The molecule has 0 radical (unpaired) electrons. The number of fused-ring (bicyclic) bond motifs is 1. The average Bonchev–Trinajstić information content (AvgIpc) is 2.84. The zero-order chi connectivity index (χ0) is 13.8. The van der Waals surface area contributed by atoms with Gasteiger partial charge in [-0.15, -0.1) is 0 Å². The van der Waals surface area contributed by atoms with Crippen LogP contribution in [-0.2, 0) is 19.4 Å². The number of rotatable bonds is 5. The highest BCUT2D eigenvalue weighted by Crippen LogP contribution is 2.26. The Labute approximate surface area is 120 Å². The van der Waals surface area contributed by atoms with Gasteiger partial charge in [-0.25, -0.2) is 0 Å². The molecule has 0 bridgehead atoms. The minimum Gasteiger partial charge on any atom is -0.382 e. The van der Waals surface area contributed by atoms with Gasteiger partial charge in [0.25, 0.3) is 0 Å². The van der Waals surface area contributed by atoms with Gasteiger partial charge in [-0.1, -0.05) is 18.2 Å². The SMILES string of the molecule is CC1Cc2cc(CCNCc3cccnc3)ccc2N1.